The lowest BCUT2D eigenvalue weighted by Crippen LogP contribution is -2.39. The van der Waals surface area contributed by atoms with Crippen molar-refractivity contribution in [3.8, 4) is 5.75 Å². The Bertz CT molecular complexity index is 655. The SMILES string of the molecule is CC[C@H](Oc1cccc(Cl)c1)C(=O)N[C@H](C)c1ccc(C)cc1. The van der Waals surface area contributed by atoms with E-state index in [1.807, 2.05) is 45.0 Å². The fourth-order valence-electron chi connectivity index (χ4n) is 2.27. The van der Waals surface area contributed by atoms with E-state index >= 15 is 0 Å². The number of halogens is 1. The summed E-state index contributed by atoms with van der Waals surface area (Å²) >= 11 is 5.95. The Morgan fingerprint density at radius 3 is 2.52 bits per heavy atom. The van der Waals surface area contributed by atoms with E-state index in [1.54, 1.807) is 24.3 Å². The zero-order valence-electron chi connectivity index (χ0n) is 13.7. The molecule has 2 aromatic rings. The Balaban J connectivity index is 2.00. The molecular weight excluding hydrogens is 310 g/mol. The number of benzene rings is 2. The van der Waals surface area contributed by atoms with Crippen molar-refractivity contribution in [3.05, 3.63) is 64.7 Å². The molecule has 0 aliphatic rings. The molecule has 122 valence electrons. The van der Waals surface area contributed by atoms with Gasteiger partial charge in [-0.1, -0.05) is 54.4 Å². The quantitative estimate of drug-likeness (QED) is 0.834. The highest BCUT2D eigenvalue weighted by Crippen LogP contribution is 2.20. The average molecular weight is 332 g/mol. The smallest absolute Gasteiger partial charge is 0.261 e. The standard InChI is InChI=1S/C19H22ClNO2/c1-4-18(23-17-7-5-6-16(20)12-17)19(22)21-14(3)15-10-8-13(2)9-11-15/h5-12,14,18H,4H2,1-3H3,(H,21,22)/t14-,18+/m1/s1. The highest BCUT2D eigenvalue weighted by Gasteiger charge is 2.20. The zero-order chi connectivity index (χ0) is 16.8. The summed E-state index contributed by atoms with van der Waals surface area (Å²) in [7, 11) is 0. The number of hydrogen-bond donors (Lipinski definition) is 1. The van der Waals surface area contributed by atoms with Crippen LogP contribution in [0, 0.1) is 6.92 Å². The Morgan fingerprint density at radius 1 is 1.22 bits per heavy atom. The molecule has 2 aromatic carbocycles. The van der Waals surface area contributed by atoms with Gasteiger partial charge in [0.15, 0.2) is 6.10 Å². The summed E-state index contributed by atoms with van der Waals surface area (Å²) < 4.78 is 5.77. The fraction of sp³-hybridized carbons (Fsp3) is 0.316. The molecule has 0 fully saturated rings. The zero-order valence-corrected chi connectivity index (χ0v) is 14.4. The summed E-state index contributed by atoms with van der Waals surface area (Å²) in [5.74, 6) is 0.475. The van der Waals surface area contributed by atoms with Crippen LogP contribution in [0.4, 0.5) is 0 Å². The van der Waals surface area contributed by atoms with Gasteiger partial charge in [-0.3, -0.25) is 4.79 Å². The van der Waals surface area contributed by atoms with Crippen molar-refractivity contribution in [3.63, 3.8) is 0 Å². The van der Waals surface area contributed by atoms with Crippen molar-refractivity contribution in [2.24, 2.45) is 0 Å². The number of rotatable bonds is 6. The lowest BCUT2D eigenvalue weighted by Gasteiger charge is -2.21. The van der Waals surface area contributed by atoms with E-state index in [0.717, 1.165) is 5.56 Å². The number of nitrogens with one attached hydrogen (secondary N) is 1. The van der Waals surface area contributed by atoms with Crippen molar-refractivity contribution in [1.82, 2.24) is 5.32 Å². The van der Waals surface area contributed by atoms with E-state index in [-0.39, 0.29) is 11.9 Å². The van der Waals surface area contributed by atoms with Crippen LogP contribution in [0.2, 0.25) is 5.02 Å². The third-order valence-corrected chi connectivity index (χ3v) is 3.91. The van der Waals surface area contributed by atoms with Gasteiger partial charge >= 0.3 is 0 Å². The molecule has 0 heterocycles. The monoisotopic (exact) mass is 331 g/mol. The fourth-order valence-corrected chi connectivity index (χ4v) is 2.45. The van der Waals surface area contributed by atoms with Crippen molar-refractivity contribution in [2.75, 3.05) is 0 Å². The van der Waals surface area contributed by atoms with Crippen molar-refractivity contribution < 1.29 is 9.53 Å². The van der Waals surface area contributed by atoms with E-state index in [2.05, 4.69) is 5.32 Å². The summed E-state index contributed by atoms with van der Waals surface area (Å²) in [6, 6.07) is 15.1. The number of aryl methyl sites for hydroxylation is 1. The predicted octanol–water partition coefficient (Wildman–Crippen LogP) is 4.68. The van der Waals surface area contributed by atoms with Crippen LogP contribution in [-0.2, 0) is 4.79 Å². The normalized spacial score (nSPS) is 13.2. The van der Waals surface area contributed by atoms with Gasteiger partial charge in [0.1, 0.15) is 5.75 Å². The topological polar surface area (TPSA) is 38.3 Å². The minimum Gasteiger partial charge on any atom is -0.481 e. The van der Waals surface area contributed by atoms with Crippen molar-refractivity contribution in [1.29, 1.82) is 0 Å². The van der Waals surface area contributed by atoms with Crippen LogP contribution in [0.1, 0.15) is 37.4 Å². The van der Waals surface area contributed by atoms with E-state index in [1.165, 1.54) is 5.56 Å². The molecule has 4 heteroatoms. The highest BCUT2D eigenvalue weighted by atomic mass is 35.5. The second-order valence-corrected chi connectivity index (χ2v) is 6.05. The van der Waals surface area contributed by atoms with Gasteiger partial charge in [-0.05, 0) is 44.0 Å². The minimum atomic E-state index is -0.540. The molecule has 0 saturated heterocycles. The van der Waals surface area contributed by atoms with Gasteiger partial charge < -0.3 is 10.1 Å². The first kappa shape index (κ1) is 17.4. The van der Waals surface area contributed by atoms with Crippen LogP contribution >= 0.6 is 11.6 Å². The summed E-state index contributed by atoms with van der Waals surface area (Å²) in [6.07, 6.45) is 0.0419. The Hall–Kier alpha value is -2.00. The molecule has 1 amide bonds. The molecule has 0 bridgehead atoms. The summed E-state index contributed by atoms with van der Waals surface area (Å²) in [5, 5.41) is 3.59. The Labute approximate surface area is 142 Å². The number of carbonyl (C=O) groups excluding carboxylic acids is 1. The van der Waals surface area contributed by atoms with Gasteiger partial charge in [0, 0.05) is 5.02 Å². The first-order chi connectivity index (χ1) is 11.0. The number of carbonyl (C=O) groups is 1. The number of hydrogen-bond acceptors (Lipinski definition) is 2. The second kappa shape index (κ2) is 8.02. The van der Waals surface area contributed by atoms with Gasteiger partial charge in [-0.2, -0.15) is 0 Å². The van der Waals surface area contributed by atoms with Crippen LogP contribution in [0.5, 0.6) is 5.75 Å². The summed E-state index contributed by atoms with van der Waals surface area (Å²) in [5.41, 5.74) is 2.27. The molecule has 0 radical (unpaired) electrons. The molecular formula is C19H22ClNO2. The largest absolute Gasteiger partial charge is 0.481 e. The van der Waals surface area contributed by atoms with Crippen LogP contribution in [0.15, 0.2) is 48.5 Å². The van der Waals surface area contributed by atoms with Crippen molar-refractivity contribution in [2.45, 2.75) is 39.3 Å². The maximum Gasteiger partial charge on any atom is 0.261 e. The van der Waals surface area contributed by atoms with Crippen LogP contribution < -0.4 is 10.1 Å². The van der Waals surface area contributed by atoms with Gasteiger partial charge in [-0.15, -0.1) is 0 Å². The van der Waals surface area contributed by atoms with E-state index in [9.17, 15) is 4.79 Å². The molecule has 0 aliphatic heterocycles. The maximum absolute atomic E-state index is 12.4. The molecule has 1 N–H and O–H groups in total. The molecule has 2 atom stereocenters. The second-order valence-electron chi connectivity index (χ2n) is 5.61. The van der Waals surface area contributed by atoms with Gasteiger partial charge in [0.2, 0.25) is 0 Å². The lowest BCUT2D eigenvalue weighted by molar-refractivity contribution is -0.128. The van der Waals surface area contributed by atoms with Gasteiger partial charge in [-0.25, -0.2) is 0 Å². The van der Waals surface area contributed by atoms with Crippen LogP contribution in [0.3, 0.4) is 0 Å². The van der Waals surface area contributed by atoms with E-state index in [0.29, 0.717) is 17.2 Å². The van der Waals surface area contributed by atoms with Gasteiger partial charge in [0.05, 0.1) is 6.04 Å². The molecule has 0 spiro atoms. The molecule has 3 nitrogen and oxygen atoms in total. The maximum atomic E-state index is 12.4. The Kier molecular flexibility index (Phi) is 6.05. The third-order valence-electron chi connectivity index (χ3n) is 3.67. The highest BCUT2D eigenvalue weighted by molar-refractivity contribution is 6.30. The molecule has 23 heavy (non-hydrogen) atoms. The van der Waals surface area contributed by atoms with E-state index in [4.69, 9.17) is 16.3 Å². The molecule has 0 aromatic heterocycles. The van der Waals surface area contributed by atoms with E-state index < -0.39 is 6.10 Å². The molecule has 0 unspecified atom stereocenters. The first-order valence-electron chi connectivity index (χ1n) is 7.78. The average Bonchev–Trinajstić information content (AvgIpc) is 2.53. The lowest BCUT2D eigenvalue weighted by atomic mass is 10.1. The van der Waals surface area contributed by atoms with Crippen LogP contribution in [0.25, 0.3) is 0 Å². The first-order valence-corrected chi connectivity index (χ1v) is 8.16. The molecule has 2 rings (SSSR count). The molecule has 0 saturated carbocycles. The van der Waals surface area contributed by atoms with Crippen molar-refractivity contribution >= 4 is 17.5 Å². The Morgan fingerprint density at radius 2 is 1.91 bits per heavy atom. The summed E-state index contributed by atoms with van der Waals surface area (Å²) in [4.78, 5) is 12.4. The summed E-state index contributed by atoms with van der Waals surface area (Å²) in [6.45, 7) is 5.93. The minimum absolute atomic E-state index is 0.0693. The number of ether oxygens (including phenoxy) is 1. The predicted molar refractivity (Wildman–Crippen MR) is 93.9 cm³/mol. The van der Waals surface area contributed by atoms with Gasteiger partial charge in [0.25, 0.3) is 5.91 Å². The molecule has 0 aliphatic carbocycles. The van der Waals surface area contributed by atoms with Crippen LogP contribution in [-0.4, -0.2) is 12.0 Å². The third kappa shape index (κ3) is 5.00. The number of amides is 1.